The van der Waals surface area contributed by atoms with Gasteiger partial charge in [-0.05, 0) is 46.7 Å². The molecule has 17 heavy (non-hydrogen) atoms. The minimum absolute atomic E-state index is 0.0929. The largest absolute Gasteiger partial charge is 0.393 e. The maximum absolute atomic E-state index is 12.0. The molecule has 1 aromatic rings. The molecule has 92 valence electrons. The van der Waals surface area contributed by atoms with E-state index in [1.54, 1.807) is 0 Å². The molecule has 1 atom stereocenters. The van der Waals surface area contributed by atoms with E-state index in [4.69, 9.17) is 18.0 Å². The van der Waals surface area contributed by atoms with E-state index in [0.717, 1.165) is 9.26 Å². The summed E-state index contributed by atoms with van der Waals surface area (Å²) in [6.07, 6.45) is 0. The van der Waals surface area contributed by atoms with Crippen LogP contribution in [0, 0.1) is 15.4 Å². The average Bonchev–Trinajstić information content (AvgIpc) is 2.15. The Morgan fingerprint density at radius 1 is 1.47 bits per heavy atom. The van der Waals surface area contributed by atoms with E-state index in [-0.39, 0.29) is 16.8 Å². The number of nitrogens with two attached hydrogens (primary N) is 1. The van der Waals surface area contributed by atoms with Gasteiger partial charge in [0.15, 0.2) is 0 Å². The van der Waals surface area contributed by atoms with Gasteiger partial charge < -0.3 is 11.1 Å². The van der Waals surface area contributed by atoms with E-state index in [0.29, 0.717) is 0 Å². The Balaban J connectivity index is 2.81. The molecule has 1 unspecified atom stereocenters. The molecule has 0 aliphatic heterocycles. The van der Waals surface area contributed by atoms with Gasteiger partial charge >= 0.3 is 0 Å². The lowest BCUT2D eigenvalue weighted by Crippen LogP contribution is -2.36. The SMILES string of the molecule is CC(C)C(C(=O)Nc1cccc(I)c1)C(N)=S. The van der Waals surface area contributed by atoms with Gasteiger partial charge in [0.1, 0.15) is 0 Å². The molecule has 0 spiro atoms. The van der Waals surface area contributed by atoms with Crippen LogP contribution in [0.2, 0.25) is 0 Å². The summed E-state index contributed by atoms with van der Waals surface area (Å²) in [5, 5.41) is 2.83. The first-order valence-corrected chi connectivity index (χ1v) is 6.76. The van der Waals surface area contributed by atoms with Crippen LogP contribution >= 0.6 is 34.8 Å². The molecule has 0 fully saturated rings. The quantitative estimate of drug-likeness (QED) is 0.640. The zero-order valence-corrected chi connectivity index (χ0v) is 12.7. The molecule has 0 radical (unpaired) electrons. The second-order valence-corrected chi connectivity index (χ2v) is 5.84. The van der Waals surface area contributed by atoms with Crippen molar-refractivity contribution in [3.63, 3.8) is 0 Å². The molecule has 1 aromatic carbocycles. The Labute approximate surface area is 120 Å². The fraction of sp³-hybridized carbons (Fsp3) is 0.333. The summed E-state index contributed by atoms with van der Waals surface area (Å²) in [6, 6.07) is 7.60. The highest BCUT2D eigenvalue weighted by Crippen LogP contribution is 2.17. The first-order chi connectivity index (χ1) is 7.91. The molecule has 5 heteroatoms. The molecule has 0 aliphatic rings. The summed E-state index contributed by atoms with van der Waals surface area (Å²) >= 11 is 7.12. The Morgan fingerprint density at radius 3 is 2.59 bits per heavy atom. The third-order valence-corrected chi connectivity index (χ3v) is 3.27. The van der Waals surface area contributed by atoms with Crippen molar-refractivity contribution < 1.29 is 4.79 Å². The molecule has 3 N–H and O–H groups in total. The van der Waals surface area contributed by atoms with E-state index in [9.17, 15) is 4.79 Å². The number of halogens is 1. The molecule has 1 rings (SSSR count). The molecule has 0 heterocycles. The molecular weight excluding hydrogens is 347 g/mol. The summed E-state index contributed by atoms with van der Waals surface area (Å²) in [5.41, 5.74) is 6.36. The second kappa shape index (κ2) is 6.30. The topological polar surface area (TPSA) is 55.1 Å². The van der Waals surface area contributed by atoms with Crippen LogP contribution in [0.25, 0.3) is 0 Å². The fourth-order valence-electron chi connectivity index (χ4n) is 1.55. The predicted molar refractivity (Wildman–Crippen MR) is 82.9 cm³/mol. The van der Waals surface area contributed by atoms with Crippen molar-refractivity contribution in [2.24, 2.45) is 17.6 Å². The fourth-order valence-corrected chi connectivity index (χ4v) is 2.47. The van der Waals surface area contributed by atoms with E-state index in [1.807, 2.05) is 38.1 Å². The number of amides is 1. The monoisotopic (exact) mass is 362 g/mol. The first kappa shape index (κ1) is 14.4. The third-order valence-electron chi connectivity index (χ3n) is 2.35. The van der Waals surface area contributed by atoms with Crippen molar-refractivity contribution in [3.8, 4) is 0 Å². The number of carbonyl (C=O) groups excluding carboxylic acids is 1. The van der Waals surface area contributed by atoms with Gasteiger partial charge in [-0.1, -0.05) is 32.1 Å². The van der Waals surface area contributed by atoms with Crippen LogP contribution in [0.3, 0.4) is 0 Å². The normalized spacial score (nSPS) is 12.2. The second-order valence-electron chi connectivity index (χ2n) is 4.12. The van der Waals surface area contributed by atoms with E-state index in [1.165, 1.54) is 0 Å². The van der Waals surface area contributed by atoms with Crippen molar-refractivity contribution in [1.82, 2.24) is 0 Å². The zero-order valence-electron chi connectivity index (χ0n) is 9.74. The summed E-state index contributed by atoms with van der Waals surface area (Å²) in [5.74, 6) is -0.479. The summed E-state index contributed by atoms with van der Waals surface area (Å²) < 4.78 is 1.07. The smallest absolute Gasteiger partial charge is 0.234 e. The van der Waals surface area contributed by atoms with Crippen molar-refractivity contribution >= 4 is 51.4 Å². The number of hydrogen-bond acceptors (Lipinski definition) is 2. The minimum atomic E-state index is -0.428. The standard InChI is InChI=1S/C12H15IN2OS/c1-7(2)10(11(14)17)12(16)15-9-5-3-4-8(13)6-9/h3-7,10H,1-2H3,(H2,14,17)(H,15,16). The third kappa shape index (κ3) is 4.23. The van der Waals surface area contributed by atoms with Crippen LogP contribution in [0.1, 0.15) is 13.8 Å². The van der Waals surface area contributed by atoms with Gasteiger partial charge in [-0.25, -0.2) is 0 Å². The Bertz CT molecular complexity index is 434. The first-order valence-electron chi connectivity index (χ1n) is 5.27. The van der Waals surface area contributed by atoms with Gasteiger partial charge in [0.2, 0.25) is 5.91 Å². The number of rotatable bonds is 4. The van der Waals surface area contributed by atoms with Gasteiger partial charge in [0, 0.05) is 9.26 Å². The van der Waals surface area contributed by atoms with Crippen LogP contribution in [0.15, 0.2) is 24.3 Å². The van der Waals surface area contributed by atoms with Crippen molar-refractivity contribution in [2.75, 3.05) is 5.32 Å². The van der Waals surface area contributed by atoms with Gasteiger partial charge in [-0.15, -0.1) is 0 Å². The van der Waals surface area contributed by atoms with Crippen LogP contribution in [0.5, 0.6) is 0 Å². The highest BCUT2D eigenvalue weighted by Gasteiger charge is 2.24. The summed E-state index contributed by atoms with van der Waals surface area (Å²) in [7, 11) is 0. The summed E-state index contributed by atoms with van der Waals surface area (Å²) in [4.78, 5) is 12.3. The van der Waals surface area contributed by atoms with E-state index < -0.39 is 5.92 Å². The number of thiocarbonyl (C=S) groups is 1. The molecular formula is C12H15IN2OS. The lowest BCUT2D eigenvalue weighted by atomic mass is 9.95. The Morgan fingerprint density at radius 2 is 2.12 bits per heavy atom. The minimum Gasteiger partial charge on any atom is -0.393 e. The lowest BCUT2D eigenvalue weighted by Gasteiger charge is -2.18. The Hall–Kier alpha value is -0.690. The molecule has 0 aliphatic carbocycles. The molecule has 1 amide bonds. The van der Waals surface area contributed by atoms with Gasteiger partial charge in [-0.3, -0.25) is 4.79 Å². The maximum Gasteiger partial charge on any atom is 0.234 e. The van der Waals surface area contributed by atoms with Gasteiger partial charge in [-0.2, -0.15) is 0 Å². The van der Waals surface area contributed by atoms with E-state index in [2.05, 4.69) is 27.9 Å². The molecule has 0 aromatic heterocycles. The Kier molecular flexibility index (Phi) is 5.32. The number of anilines is 1. The zero-order chi connectivity index (χ0) is 13.0. The van der Waals surface area contributed by atoms with E-state index >= 15 is 0 Å². The molecule has 0 saturated heterocycles. The molecule has 0 saturated carbocycles. The van der Waals surface area contributed by atoms with Crippen LogP contribution < -0.4 is 11.1 Å². The number of carbonyl (C=O) groups is 1. The maximum atomic E-state index is 12.0. The van der Waals surface area contributed by atoms with Crippen molar-refractivity contribution in [1.29, 1.82) is 0 Å². The number of nitrogens with one attached hydrogen (secondary N) is 1. The van der Waals surface area contributed by atoms with Crippen LogP contribution in [-0.4, -0.2) is 10.9 Å². The average molecular weight is 362 g/mol. The van der Waals surface area contributed by atoms with Crippen molar-refractivity contribution in [3.05, 3.63) is 27.8 Å². The van der Waals surface area contributed by atoms with Crippen LogP contribution in [-0.2, 0) is 4.79 Å². The summed E-state index contributed by atoms with van der Waals surface area (Å²) in [6.45, 7) is 3.86. The highest BCUT2D eigenvalue weighted by atomic mass is 127. The molecule has 3 nitrogen and oxygen atoms in total. The number of hydrogen-bond donors (Lipinski definition) is 2. The van der Waals surface area contributed by atoms with Crippen molar-refractivity contribution in [2.45, 2.75) is 13.8 Å². The van der Waals surface area contributed by atoms with Gasteiger partial charge in [0.05, 0.1) is 10.9 Å². The highest BCUT2D eigenvalue weighted by molar-refractivity contribution is 14.1. The number of benzene rings is 1. The lowest BCUT2D eigenvalue weighted by molar-refractivity contribution is -0.118. The molecule has 0 bridgehead atoms. The predicted octanol–water partition coefficient (Wildman–Crippen LogP) is 2.79. The van der Waals surface area contributed by atoms with Crippen LogP contribution in [0.4, 0.5) is 5.69 Å². The van der Waals surface area contributed by atoms with Gasteiger partial charge in [0.25, 0.3) is 0 Å².